The Bertz CT molecular complexity index is 439. The third-order valence-corrected chi connectivity index (χ3v) is 4.47. The minimum atomic E-state index is -4.26. The zero-order valence-corrected chi connectivity index (χ0v) is 16.9. The molecule has 0 aliphatic rings. The molecular formula is C16H34O9S. The molecule has 0 bridgehead atoms. The fourth-order valence-corrected chi connectivity index (χ4v) is 2.51. The second-order valence-electron chi connectivity index (χ2n) is 6.52. The molecule has 10 heteroatoms. The molecule has 158 valence electrons. The predicted octanol–water partition coefficient (Wildman–Crippen LogP) is 0.238. The van der Waals surface area contributed by atoms with Crippen molar-refractivity contribution in [1.29, 1.82) is 0 Å². The van der Waals surface area contributed by atoms with Gasteiger partial charge in [0.25, 0.3) is 10.1 Å². The van der Waals surface area contributed by atoms with Crippen LogP contribution in [0.15, 0.2) is 0 Å². The first-order valence-corrected chi connectivity index (χ1v) is 10.2. The van der Waals surface area contributed by atoms with Gasteiger partial charge in [-0.3, -0.25) is 4.55 Å². The third-order valence-electron chi connectivity index (χ3n) is 3.26. The summed E-state index contributed by atoms with van der Waals surface area (Å²) in [5.74, 6) is 0. The van der Waals surface area contributed by atoms with Crippen LogP contribution in [0.5, 0.6) is 0 Å². The van der Waals surface area contributed by atoms with E-state index >= 15 is 0 Å². The molecule has 0 rings (SSSR count). The Morgan fingerprint density at radius 1 is 0.769 bits per heavy atom. The maximum atomic E-state index is 11.4. The lowest BCUT2D eigenvalue weighted by molar-refractivity contribution is -0.0420. The Labute approximate surface area is 156 Å². The molecule has 26 heavy (non-hydrogen) atoms. The second kappa shape index (κ2) is 13.8. The lowest BCUT2D eigenvalue weighted by atomic mass is 10.3. The number of rotatable bonds is 16. The molecule has 0 aromatic rings. The molecule has 9 nitrogen and oxygen atoms in total. The van der Waals surface area contributed by atoms with Crippen molar-refractivity contribution in [3.8, 4) is 0 Å². The Morgan fingerprint density at radius 2 is 1.23 bits per heavy atom. The molecule has 0 saturated heterocycles. The van der Waals surface area contributed by atoms with Gasteiger partial charge in [0.15, 0.2) is 0 Å². The van der Waals surface area contributed by atoms with Gasteiger partial charge in [0, 0.05) is 6.61 Å². The standard InChI is InChI=1S/C16H34O9S/c1-12(17)7-24-14(3)9-22-6-5-16(26(19,20)21)11-23-10-15(4)25-8-13(2)18/h12-18H,5-11H2,1-4H3,(H,19,20,21). The number of aliphatic hydroxyl groups is 2. The van der Waals surface area contributed by atoms with E-state index in [4.69, 9.17) is 29.2 Å². The van der Waals surface area contributed by atoms with Gasteiger partial charge in [0.2, 0.25) is 0 Å². The molecule has 0 saturated carbocycles. The summed E-state index contributed by atoms with van der Waals surface area (Å²) in [6.07, 6.45) is -1.63. The second-order valence-corrected chi connectivity index (χ2v) is 8.22. The number of hydrogen-bond donors (Lipinski definition) is 3. The van der Waals surface area contributed by atoms with Crippen molar-refractivity contribution >= 4 is 10.1 Å². The average Bonchev–Trinajstić information content (AvgIpc) is 2.51. The lowest BCUT2D eigenvalue weighted by Gasteiger charge is -2.18. The van der Waals surface area contributed by atoms with Gasteiger partial charge in [-0.25, -0.2) is 0 Å². The topological polar surface area (TPSA) is 132 Å². The maximum Gasteiger partial charge on any atom is 0.270 e. The highest BCUT2D eigenvalue weighted by Crippen LogP contribution is 2.07. The largest absolute Gasteiger partial charge is 0.391 e. The molecule has 5 atom stereocenters. The summed E-state index contributed by atoms with van der Waals surface area (Å²) < 4.78 is 53.4. The smallest absolute Gasteiger partial charge is 0.270 e. The van der Waals surface area contributed by atoms with Crippen LogP contribution in [0.25, 0.3) is 0 Å². The summed E-state index contributed by atoms with van der Waals surface area (Å²) in [6.45, 7) is 7.40. The van der Waals surface area contributed by atoms with E-state index in [0.717, 1.165) is 0 Å². The van der Waals surface area contributed by atoms with Crippen LogP contribution in [0.3, 0.4) is 0 Å². The minimum Gasteiger partial charge on any atom is -0.391 e. The first-order chi connectivity index (χ1) is 12.0. The van der Waals surface area contributed by atoms with E-state index in [1.54, 1.807) is 27.7 Å². The molecule has 0 fully saturated rings. The maximum absolute atomic E-state index is 11.4. The van der Waals surface area contributed by atoms with Crippen molar-refractivity contribution in [1.82, 2.24) is 0 Å². The van der Waals surface area contributed by atoms with Crippen LogP contribution in [0.2, 0.25) is 0 Å². The Balaban J connectivity index is 4.08. The van der Waals surface area contributed by atoms with Gasteiger partial charge in [0.05, 0.1) is 57.5 Å². The quantitative estimate of drug-likeness (QED) is 0.245. The summed E-state index contributed by atoms with van der Waals surface area (Å²) in [5.41, 5.74) is 0. The molecule has 0 aliphatic carbocycles. The number of ether oxygens (including phenoxy) is 4. The van der Waals surface area contributed by atoms with Gasteiger partial charge in [-0.05, 0) is 34.1 Å². The van der Waals surface area contributed by atoms with Crippen molar-refractivity contribution in [2.45, 2.75) is 63.8 Å². The lowest BCUT2D eigenvalue weighted by Crippen LogP contribution is -2.30. The first kappa shape index (κ1) is 25.7. The van der Waals surface area contributed by atoms with E-state index in [-0.39, 0.29) is 58.3 Å². The van der Waals surface area contributed by atoms with Crippen molar-refractivity contribution in [2.75, 3.05) is 39.6 Å². The highest BCUT2D eigenvalue weighted by molar-refractivity contribution is 7.86. The molecule has 0 heterocycles. The SMILES string of the molecule is CC(O)COC(C)COCCC(COCC(C)OCC(C)O)S(=O)(=O)O. The molecule has 0 aliphatic heterocycles. The summed E-state index contributed by atoms with van der Waals surface area (Å²) in [6, 6.07) is 0. The van der Waals surface area contributed by atoms with Gasteiger partial charge in [0.1, 0.15) is 5.25 Å². The highest BCUT2D eigenvalue weighted by Gasteiger charge is 2.23. The van der Waals surface area contributed by atoms with Gasteiger partial charge in [-0.15, -0.1) is 0 Å². The van der Waals surface area contributed by atoms with E-state index in [0.29, 0.717) is 0 Å². The van der Waals surface area contributed by atoms with Gasteiger partial charge in [-0.1, -0.05) is 0 Å². The molecule has 0 radical (unpaired) electrons. The fraction of sp³-hybridized carbons (Fsp3) is 1.00. The predicted molar refractivity (Wildman–Crippen MR) is 95.8 cm³/mol. The summed E-state index contributed by atoms with van der Waals surface area (Å²) >= 11 is 0. The summed E-state index contributed by atoms with van der Waals surface area (Å²) in [7, 11) is -4.26. The Kier molecular flexibility index (Phi) is 13.6. The monoisotopic (exact) mass is 402 g/mol. The number of aliphatic hydroxyl groups excluding tert-OH is 2. The molecule has 0 spiro atoms. The molecule has 0 amide bonds. The first-order valence-electron chi connectivity index (χ1n) is 8.73. The Morgan fingerprint density at radius 3 is 1.65 bits per heavy atom. The highest BCUT2D eigenvalue weighted by atomic mass is 32.2. The van der Waals surface area contributed by atoms with Crippen LogP contribution in [-0.4, -0.2) is 92.5 Å². The van der Waals surface area contributed by atoms with E-state index in [9.17, 15) is 13.0 Å². The van der Waals surface area contributed by atoms with Crippen molar-refractivity contribution in [3.05, 3.63) is 0 Å². The number of hydrogen-bond acceptors (Lipinski definition) is 8. The van der Waals surface area contributed by atoms with Crippen LogP contribution in [0, 0.1) is 0 Å². The fourth-order valence-electron chi connectivity index (χ4n) is 1.85. The van der Waals surface area contributed by atoms with E-state index in [1.165, 1.54) is 0 Å². The normalized spacial score (nSPS) is 18.3. The van der Waals surface area contributed by atoms with E-state index < -0.39 is 27.6 Å². The average molecular weight is 403 g/mol. The van der Waals surface area contributed by atoms with Crippen LogP contribution in [0.1, 0.15) is 34.1 Å². The molecule has 5 unspecified atom stereocenters. The van der Waals surface area contributed by atoms with E-state index in [1.807, 2.05) is 0 Å². The zero-order chi connectivity index (χ0) is 20.2. The van der Waals surface area contributed by atoms with Gasteiger partial charge >= 0.3 is 0 Å². The molecule has 3 N–H and O–H groups in total. The summed E-state index contributed by atoms with van der Waals surface area (Å²) in [4.78, 5) is 0. The van der Waals surface area contributed by atoms with Gasteiger partial charge < -0.3 is 29.2 Å². The zero-order valence-electron chi connectivity index (χ0n) is 16.0. The van der Waals surface area contributed by atoms with E-state index in [2.05, 4.69) is 0 Å². The van der Waals surface area contributed by atoms with Crippen LogP contribution >= 0.6 is 0 Å². The molecule has 0 aromatic heterocycles. The van der Waals surface area contributed by atoms with Crippen LogP contribution < -0.4 is 0 Å². The summed E-state index contributed by atoms with van der Waals surface area (Å²) in [5, 5.41) is 17.2. The molecule has 0 aromatic carbocycles. The minimum absolute atomic E-state index is 0.0743. The van der Waals surface area contributed by atoms with Crippen molar-refractivity contribution < 1.29 is 42.1 Å². The van der Waals surface area contributed by atoms with Crippen LogP contribution in [0.4, 0.5) is 0 Å². The third kappa shape index (κ3) is 14.8. The van der Waals surface area contributed by atoms with Gasteiger partial charge in [-0.2, -0.15) is 8.42 Å². The Hall–Kier alpha value is -0.330. The van der Waals surface area contributed by atoms with Crippen molar-refractivity contribution in [2.24, 2.45) is 0 Å². The van der Waals surface area contributed by atoms with Crippen molar-refractivity contribution in [3.63, 3.8) is 0 Å². The molecular weight excluding hydrogens is 368 g/mol. The van der Waals surface area contributed by atoms with Crippen LogP contribution in [-0.2, 0) is 29.1 Å².